The molecule has 0 spiro atoms. The van der Waals surface area contributed by atoms with Crippen LogP contribution in [0.4, 0.5) is 34.1 Å². The van der Waals surface area contributed by atoms with Gasteiger partial charge in [-0.15, -0.1) is 0 Å². The zero-order valence-corrected chi connectivity index (χ0v) is 31.5. The van der Waals surface area contributed by atoms with E-state index < -0.39 is 0 Å². The van der Waals surface area contributed by atoms with Crippen molar-refractivity contribution in [3.63, 3.8) is 0 Å². The molecule has 0 aliphatic rings. The second-order valence-corrected chi connectivity index (χ2v) is 16.0. The number of hydrogen-bond acceptors (Lipinski definition) is 3. The van der Waals surface area contributed by atoms with E-state index in [1.807, 2.05) is 0 Å². The van der Waals surface area contributed by atoms with E-state index in [1.165, 1.54) is 22.3 Å². The standard InChI is InChI=1S/C48H52N2O/c1-35-14-12-18-43(32-35)49(39-16-10-9-11-17-39)40-24-20-37(21-25-40)38-22-26-41(27-23-38)50(44-19-13-15-36(2)33-44)42-28-30-45(31-29-42)51-46(48(6,7)8)34-47(3,4)5/h9-33,46H,34H2,1-8H3. The van der Waals surface area contributed by atoms with Crippen molar-refractivity contribution in [2.24, 2.45) is 10.8 Å². The summed E-state index contributed by atoms with van der Waals surface area (Å²) in [4.78, 5) is 4.63. The predicted octanol–water partition coefficient (Wildman–Crippen LogP) is 14.1. The average molecular weight is 673 g/mol. The molecule has 6 aromatic rings. The zero-order chi connectivity index (χ0) is 36.2. The number of anilines is 6. The van der Waals surface area contributed by atoms with Gasteiger partial charge in [-0.05, 0) is 138 Å². The molecule has 1 unspecified atom stereocenters. The molecule has 0 saturated heterocycles. The van der Waals surface area contributed by atoms with Gasteiger partial charge in [-0.3, -0.25) is 0 Å². The molecule has 260 valence electrons. The lowest BCUT2D eigenvalue weighted by atomic mass is 9.78. The molecule has 0 heterocycles. The van der Waals surface area contributed by atoms with Gasteiger partial charge in [-0.2, -0.15) is 0 Å². The fourth-order valence-corrected chi connectivity index (χ4v) is 6.53. The van der Waals surface area contributed by atoms with Gasteiger partial charge in [0.1, 0.15) is 11.9 Å². The minimum Gasteiger partial charge on any atom is -0.490 e. The second-order valence-electron chi connectivity index (χ2n) is 16.0. The highest BCUT2D eigenvalue weighted by Crippen LogP contribution is 2.40. The van der Waals surface area contributed by atoms with Crippen molar-refractivity contribution in [3.8, 4) is 16.9 Å². The molecule has 0 aromatic heterocycles. The van der Waals surface area contributed by atoms with E-state index in [0.717, 1.165) is 46.3 Å². The van der Waals surface area contributed by atoms with Gasteiger partial charge in [-0.1, -0.05) is 108 Å². The number of nitrogens with zero attached hydrogens (tertiary/aromatic N) is 2. The number of rotatable bonds is 10. The zero-order valence-electron chi connectivity index (χ0n) is 31.5. The maximum atomic E-state index is 6.64. The Morgan fingerprint density at radius 3 is 1.24 bits per heavy atom. The van der Waals surface area contributed by atoms with Crippen LogP contribution in [0.1, 0.15) is 59.1 Å². The van der Waals surface area contributed by atoms with Crippen LogP contribution >= 0.6 is 0 Å². The highest BCUT2D eigenvalue weighted by Gasteiger charge is 2.31. The quantitative estimate of drug-likeness (QED) is 0.144. The summed E-state index contributed by atoms with van der Waals surface area (Å²) < 4.78 is 6.64. The molecular weight excluding hydrogens is 621 g/mol. The van der Waals surface area contributed by atoms with E-state index in [4.69, 9.17) is 4.74 Å². The van der Waals surface area contributed by atoms with Crippen LogP contribution < -0.4 is 14.5 Å². The Bertz CT molecular complexity index is 2020. The molecule has 6 aromatic carbocycles. The Hall–Kier alpha value is -5.28. The van der Waals surface area contributed by atoms with Crippen LogP contribution in [0.2, 0.25) is 0 Å². The molecule has 0 radical (unpaired) electrons. The van der Waals surface area contributed by atoms with Crippen molar-refractivity contribution in [1.82, 2.24) is 0 Å². The van der Waals surface area contributed by atoms with Gasteiger partial charge in [0.2, 0.25) is 0 Å². The van der Waals surface area contributed by atoms with Crippen molar-refractivity contribution < 1.29 is 4.74 Å². The first-order valence-corrected chi connectivity index (χ1v) is 18.1. The summed E-state index contributed by atoms with van der Waals surface area (Å²) in [6, 6.07) is 54.2. The summed E-state index contributed by atoms with van der Waals surface area (Å²) in [7, 11) is 0. The molecule has 0 bridgehead atoms. The van der Waals surface area contributed by atoms with Crippen molar-refractivity contribution in [2.45, 2.75) is 67.9 Å². The van der Waals surface area contributed by atoms with E-state index in [9.17, 15) is 0 Å². The maximum absolute atomic E-state index is 6.64. The lowest BCUT2D eigenvalue weighted by Gasteiger charge is -2.36. The Labute approximate surface area is 306 Å². The third-order valence-electron chi connectivity index (χ3n) is 9.26. The van der Waals surface area contributed by atoms with Crippen molar-refractivity contribution in [1.29, 1.82) is 0 Å². The summed E-state index contributed by atoms with van der Waals surface area (Å²) in [6.45, 7) is 17.9. The number of hydrogen-bond donors (Lipinski definition) is 0. The van der Waals surface area contributed by atoms with Gasteiger partial charge in [0.15, 0.2) is 0 Å². The molecule has 0 N–H and O–H groups in total. The van der Waals surface area contributed by atoms with Gasteiger partial charge < -0.3 is 14.5 Å². The lowest BCUT2D eigenvalue weighted by Crippen LogP contribution is -2.35. The first-order valence-electron chi connectivity index (χ1n) is 18.1. The number of aryl methyl sites for hydroxylation is 2. The molecular formula is C48H52N2O. The molecule has 6 rings (SSSR count). The molecule has 0 aliphatic heterocycles. The molecule has 0 amide bonds. The SMILES string of the molecule is Cc1cccc(N(c2ccccc2)c2ccc(-c3ccc(N(c4ccc(OC(CC(C)(C)C)C(C)(C)C)cc4)c4cccc(C)c4)cc3)cc2)c1. The Morgan fingerprint density at radius 1 is 0.451 bits per heavy atom. The van der Waals surface area contributed by atoms with Gasteiger partial charge in [0.05, 0.1) is 0 Å². The third kappa shape index (κ3) is 8.91. The van der Waals surface area contributed by atoms with Gasteiger partial charge in [-0.25, -0.2) is 0 Å². The molecule has 3 nitrogen and oxygen atoms in total. The van der Waals surface area contributed by atoms with E-state index >= 15 is 0 Å². The van der Waals surface area contributed by atoms with Gasteiger partial charge >= 0.3 is 0 Å². The van der Waals surface area contributed by atoms with Crippen molar-refractivity contribution >= 4 is 34.1 Å². The smallest absolute Gasteiger partial charge is 0.119 e. The van der Waals surface area contributed by atoms with Crippen LogP contribution in [0.5, 0.6) is 5.75 Å². The maximum Gasteiger partial charge on any atom is 0.119 e. The van der Waals surface area contributed by atoms with Crippen molar-refractivity contribution in [3.05, 3.63) is 163 Å². The summed E-state index contributed by atoms with van der Waals surface area (Å²) in [5.41, 5.74) is 11.7. The fourth-order valence-electron chi connectivity index (χ4n) is 6.53. The normalized spacial score (nSPS) is 12.3. The summed E-state index contributed by atoms with van der Waals surface area (Å²) >= 11 is 0. The van der Waals surface area contributed by atoms with Crippen LogP contribution in [0.15, 0.2) is 152 Å². The Kier molecular flexibility index (Phi) is 10.4. The minimum absolute atomic E-state index is 0.0317. The predicted molar refractivity (Wildman–Crippen MR) is 219 cm³/mol. The Morgan fingerprint density at radius 2 is 0.843 bits per heavy atom. The molecule has 0 fully saturated rings. The van der Waals surface area contributed by atoms with E-state index in [0.29, 0.717) is 0 Å². The van der Waals surface area contributed by atoms with Gasteiger partial charge in [0.25, 0.3) is 0 Å². The largest absolute Gasteiger partial charge is 0.490 e. The van der Waals surface area contributed by atoms with Crippen LogP contribution in [-0.2, 0) is 0 Å². The first-order chi connectivity index (χ1) is 24.3. The summed E-state index contributed by atoms with van der Waals surface area (Å²) in [6.07, 6.45) is 1.10. The molecule has 3 heteroatoms. The number of benzene rings is 6. The monoisotopic (exact) mass is 672 g/mol. The van der Waals surface area contributed by atoms with E-state index in [1.54, 1.807) is 0 Å². The molecule has 1 atom stereocenters. The molecule has 0 aliphatic carbocycles. The van der Waals surface area contributed by atoms with E-state index in [-0.39, 0.29) is 16.9 Å². The van der Waals surface area contributed by atoms with Crippen LogP contribution in [0.25, 0.3) is 11.1 Å². The average Bonchev–Trinajstić information content (AvgIpc) is 3.09. The van der Waals surface area contributed by atoms with Crippen LogP contribution in [-0.4, -0.2) is 6.10 Å². The highest BCUT2D eigenvalue weighted by molar-refractivity contribution is 5.81. The van der Waals surface area contributed by atoms with Gasteiger partial charge in [0, 0.05) is 34.1 Å². The third-order valence-corrected chi connectivity index (χ3v) is 9.26. The Balaban J connectivity index is 1.28. The van der Waals surface area contributed by atoms with Crippen LogP contribution in [0.3, 0.4) is 0 Å². The van der Waals surface area contributed by atoms with Crippen LogP contribution in [0, 0.1) is 24.7 Å². The minimum atomic E-state index is 0.0317. The number of ether oxygens (including phenoxy) is 1. The topological polar surface area (TPSA) is 15.7 Å². The van der Waals surface area contributed by atoms with E-state index in [2.05, 4.69) is 217 Å². The molecule has 0 saturated carbocycles. The fraction of sp³-hybridized carbons (Fsp3) is 0.250. The second kappa shape index (κ2) is 14.9. The summed E-state index contributed by atoms with van der Waals surface area (Å²) in [5.74, 6) is 0.902. The lowest BCUT2D eigenvalue weighted by molar-refractivity contribution is 0.0496. The highest BCUT2D eigenvalue weighted by atomic mass is 16.5. The first kappa shape index (κ1) is 35.5. The molecule has 51 heavy (non-hydrogen) atoms. The summed E-state index contributed by atoms with van der Waals surface area (Å²) in [5, 5.41) is 0. The van der Waals surface area contributed by atoms with Crippen molar-refractivity contribution in [2.75, 3.05) is 9.80 Å². The number of para-hydroxylation sites is 1.